The van der Waals surface area contributed by atoms with Crippen molar-refractivity contribution in [2.75, 3.05) is 19.8 Å². The van der Waals surface area contributed by atoms with E-state index in [1.165, 1.54) is 0 Å². The third kappa shape index (κ3) is 3.30. The molecule has 0 aromatic carbocycles. The number of amides is 1. The molecule has 0 saturated heterocycles. The largest absolute Gasteiger partial charge is 0.380 e. The number of carbonyl (C=O) groups excluding carboxylic acids is 1. The molecule has 1 fully saturated rings. The van der Waals surface area contributed by atoms with Gasteiger partial charge < -0.3 is 15.2 Å². The van der Waals surface area contributed by atoms with Crippen molar-refractivity contribution in [2.45, 2.75) is 44.1 Å². The zero-order chi connectivity index (χ0) is 12.1. The summed E-state index contributed by atoms with van der Waals surface area (Å²) in [6.45, 7) is 1.86. The van der Waals surface area contributed by atoms with Crippen molar-refractivity contribution < 1.29 is 14.6 Å². The van der Waals surface area contributed by atoms with Gasteiger partial charge >= 0.3 is 0 Å². The average molecular weight is 239 g/mol. The molecule has 2 rings (SSSR count). The number of nitrogens with one attached hydrogen (secondary N) is 1. The number of rotatable bonds is 3. The van der Waals surface area contributed by atoms with Crippen molar-refractivity contribution in [3.05, 3.63) is 11.6 Å². The Bertz CT molecular complexity index is 306. The van der Waals surface area contributed by atoms with Crippen molar-refractivity contribution in [1.82, 2.24) is 5.32 Å². The number of ether oxygens (including phenoxy) is 1. The Morgan fingerprint density at radius 2 is 2.18 bits per heavy atom. The van der Waals surface area contributed by atoms with Gasteiger partial charge in [-0.15, -0.1) is 0 Å². The molecule has 0 unspecified atom stereocenters. The first kappa shape index (κ1) is 12.6. The van der Waals surface area contributed by atoms with Gasteiger partial charge in [-0.3, -0.25) is 4.79 Å². The topological polar surface area (TPSA) is 58.6 Å². The number of hydrogen-bond acceptors (Lipinski definition) is 3. The van der Waals surface area contributed by atoms with Gasteiger partial charge in [-0.25, -0.2) is 0 Å². The SMILES string of the molecule is O=C(NCC1=CCCOC1)C1(O)CCCCC1. The third-order valence-corrected chi connectivity index (χ3v) is 3.56. The maximum absolute atomic E-state index is 11.9. The van der Waals surface area contributed by atoms with E-state index in [-0.39, 0.29) is 5.91 Å². The van der Waals surface area contributed by atoms with Crippen LogP contribution in [-0.2, 0) is 9.53 Å². The molecule has 1 amide bonds. The molecule has 1 aliphatic carbocycles. The molecule has 0 aromatic heterocycles. The van der Waals surface area contributed by atoms with E-state index in [1.54, 1.807) is 0 Å². The van der Waals surface area contributed by atoms with Crippen LogP contribution in [0.1, 0.15) is 38.5 Å². The van der Waals surface area contributed by atoms with E-state index >= 15 is 0 Å². The lowest BCUT2D eigenvalue weighted by Gasteiger charge is -2.30. The number of carbonyl (C=O) groups is 1. The Morgan fingerprint density at radius 1 is 1.41 bits per heavy atom. The maximum Gasteiger partial charge on any atom is 0.252 e. The zero-order valence-electron chi connectivity index (χ0n) is 10.2. The third-order valence-electron chi connectivity index (χ3n) is 3.56. The van der Waals surface area contributed by atoms with Crippen LogP contribution < -0.4 is 5.32 Å². The summed E-state index contributed by atoms with van der Waals surface area (Å²) in [7, 11) is 0. The Kier molecular flexibility index (Phi) is 4.18. The highest BCUT2D eigenvalue weighted by Gasteiger charge is 2.36. The molecule has 4 nitrogen and oxygen atoms in total. The van der Waals surface area contributed by atoms with E-state index in [0.29, 0.717) is 26.0 Å². The van der Waals surface area contributed by atoms with Crippen LogP contribution in [0.25, 0.3) is 0 Å². The Morgan fingerprint density at radius 3 is 2.82 bits per heavy atom. The first-order valence-electron chi connectivity index (χ1n) is 6.47. The van der Waals surface area contributed by atoms with Crippen LogP contribution in [0.4, 0.5) is 0 Å². The first-order chi connectivity index (χ1) is 8.21. The maximum atomic E-state index is 11.9. The monoisotopic (exact) mass is 239 g/mol. The fraction of sp³-hybridized carbons (Fsp3) is 0.769. The van der Waals surface area contributed by atoms with Crippen molar-refractivity contribution in [1.29, 1.82) is 0 Å². The summed E-state index contributed by atoms with van der Waals surface area (Å²) < 4.78 is 5.30. The van der Waals surface area contributed by atoms with Crippen LogP contribution in [0.2, 0.25) is 0 Å². The minimum absolute atomic E-state index is 0.219. The highest BCUT2D eigenvalue weighted by molar-refractivity contribution is 5.85. The van der Waals surface area contributed by atoms with E-state index < -0.39 is 5.60 Å². The smallest absolute Gasteiger partial charge is 0.252 e. The zero-order valence-corrected chi connectivity index (χ0v) is 10.2. The number of aliphatic hydroxyl groups is 1. The molecule has 0 spiro atoms. The molecule has 0 atom stereocenters. The van der Waals surface area contributed by atoms with Crippen LogP contribution >= 0.6 is 0 Å². The minimum atomic E-state index is -1.13. The summed E-state index contributed by atoms with van der Waals surface area (Å²) >= 11 is 0. The summed E-state index contributed by atoms with van der Waals surface area (Å²) in [5, 5.41) is 13.0. The van der Waals surface area contributed by atoms with Crippen molar-refractivity contribution in [2.24, 2.45) is 0 Å². The molecule has 1 heterocycles. The molecule has 0 aromatic rings. The van der Waals surface area contributed by atoms with Crippen LogP contribution in [0.15, 0.2) is 11.6 Å². The Balaban J connectivity index is 1.81. The average Bonchev–Trinajstić information content (AvgIpc) is 2.38. The van der Waals surface area contributed by atoms with Gasteiger partial charge in [-0.1, -0.05) is 25.3 Å². The van der Waals surface area contributed by atoms with E-state index in [4.69, 9.17) is 4.74 Å². The van der Waals surface area contributed by atoms with Crippen LogP contribution in [-0.4, -0.2) is 36.4 Å². The molecule has 1 saturated carbocycles. The summed E-state index contributed by atoms with van der Waals surface area (Å²) in [5.74, 6) is -0.219. The molecule has 1 aliphatic heterocycles. The first-order valence-corrected chi connectivity index (χ1v) is 6.47. The van der Waals surface area contributed by atoms with Crippen molar-refractivity contribution >= 4 is 5.91 Å². The predicted molar refractivity (Wildman–Crippen MR) is 64.6 cm³/mol. The Hall–Kier alpha value is -0.870. The van der Waals surface area contributed by atoms with Gasteiger partial charge in [0.2, 0.25) is 0 Å². The predicted octanol–water partition coefficient (Wildman–Crippen LogP) is 1.14. The second-order valence-corrected chi connectivity index (χ2v) is 4.98. The highest BCUT2D eigenvalue weighted by atomic mass is 16.5. The van der Waals surface area contributed by atoms with Crippen LogP contribution in [0, 0.1) is 0 Å². The molecule has 2 N–H and O–H groups in total. The van der Waals surface area contributed by atoms with Crippen LogP contribution in [0.3, 0.4) is 0 Å². The van der Waals surface area contributed by atoms with Gasteiger partial charge in [-0.05, 0) is 24.8 Å². The standard InChI is InChI=1S/C13H21NO3/c15-12(13(16)6-2-1-3-7-13)14-9-11-5-4-8-17-10-11/h5,16H,1-4,6-10H2,(H,14,15). The lowest BCUT2D eigenvalue weighted by atomic mass is 9.84. The van der Waals surface area contributed by atoms with Gasteiger partial charge in [0.15, 0.2) is 0 Å². The summed E-state index contributed by atoms with van der Waals surface area (Å²) in [5.41, 5.74) is -0.0297. The molecular weight excluding hydrogens is 218 g/mol. The molecule has 0 bridgehead atoms. The quantitative estimate of drug-likeness (QED) is 0.726. The van der Waals surface area contributed by atoms with Gasteiger partial charge in [0.25, 0.3) is 5.91 Å². The fourth-order valence-corrected chi connectivity index (χ4v) is 2.45. The van der Waals surface area contributed by atoms with Crippen LogP contribution in [0.5, 0.6) is 0 Å². The molecule has 17 heavy (non-hydrogen) atoms. The van der Waals surface area contributed by atoms with E-state index in [0.717, 1.165) is 37.9 Å². The second kappa shape index (κ2) is 5.65. The van der Waals surface area contributed by atoms with E-state index in [1.807, 2.05) is 0 Å². The summed E-state index contributed by atoms with van der Waals surface area (Å²) in [4.78, 5) is 11.9. The molecular formula is C13H21NO3. The van der Waals surface area contributed by atoms with Gasteiger partial charge in [0, 0.05) is 6.54 Å². The number of hydrogen-bond donors (Lipinski definition) is 2. The molecule has 0 radical (unpaired) electrons. The molecule has 2 aliphatic rings. The normalized spacial score (nSPS) is 23.9. The molecule has 4 heteroatoms. The minimum Gasteiger partial charge on any atom is -0.380 e. The fourth-order valence-electron chi connectivity index (χ4n) is 2.45. The summed E-state index contributed by atoms with van der Waals surface area (Å²) in [6.07, 6.45) is 7.20. The highest BCUT2D eigenvalue weighted by Crippen LogP contribution is 2.28. The molecule has 96 valence electrons. The Labute approximate surface area is 102 Å². The van der Waals surface area contributed by atoms with Gasteiger partial charge in [0.05, 0.1) is 13.2 Å². The second-order valence-electron chi connectivity index (χ2n) is 4.98. The van der Waals surface area contributed by atoms with Crippen molar-refractivity contribution in [3.63, 3.8) is 0 Å². The lowest BCUT2D eigenvalue weighted by molar-refractivity contribution is -0.142. The van der Waals surface area contributed by atoms with Gasteiger partial charge in [-0.2, -0.15) is 0 Å². The van der Waals surface area contributed by atoms with Gasteiger partial charge in [0.1, 0.15) is 5.60 Å². The lowest BCUT2D eigenvalue weighted by Crippen LogP contribution is -2.48. The van der Waals surface area contributed by atoms with Crippen molar-refractivity contribution in [3.8, 4) is 0 Å². The summed E-state index contributed by atoms with van der Waals surface area (Å²) in [6, 6.07) is 0. The van der Waals surface area contributed by atoms with E-state index in [9.17, 15) is 9.90 Å². The van der Waals surface area contributed by atoms with E-state index in [2.05, 4.69) is 11.4 Å².